The van der Waals surface area contributed by atoms with Gasteiger partial charge in [-0.15, -0.1) is 13.2 Å². The number of sulfonamides is 1. The van der Waals surface area contributed by atoms with Gasteiger partial charge in [0.2, 0.25) is 10.0 Å². The highest BCUT2D eigenvalue weighted by atomic mass is 32.2. The Hall–Kier alpha value is -3.24. The first-order chi connectivity index (χ1) is 16.6. The highest BCUT2D eigenvalue weighted by Crippen LogP contribution is 2.43. The second-order valence-corrected chi connectivity index (χ2v) is 9.74. The fourth-order valence-electron chi connectivity index (χ4n) is 3.95. The molecule has 4 rings (SSSR count). The van der Waals surface area contributed by atoms with Crippen molar-refractivity contribution in [3.05, 3.63) is 42.1 Å². The van der Waals surface area contributed by atoms with Crippen LogP contribution in [0.15, 0.2) is 41.4 Å². The third-order valence-electron chi connectivity index (χ3n) is 5.74. The fraction of sp³-hybridized carbons (Fsp3) is 0.364. The van der Waals surface area contributed by atoms with Crippen molar-refractivity contribution in [1.82, 2.24) is 14.3 Å². The summed E-state index contributed by atoms with van der Waals surface area (Å²) in [6, 6.07) is 6.66. The minimum Gasteiger partial charge on any atom is -0.406 e. The van der Waals surface area contributed by atoms with Crippen molar-refractivity contribution in [3.8, 4) is 23.2 Å². The predicted molar refractivity (Wildman–Crippen MR) is 116 cm³/mol. The van der Waals surface area contributed by atoms with Gasteiger partial charge in [0.15, 0.2) is 0 Å². The van der Waals surface area contributed by atoms with Gasteiger partial charge < -0.3 is 9.30 Å². The first-order valence-electron chi connectivity index (χ1n) is 10.5. The first kappa shape index (κ1) is 24.9. The van der Waals surface area contributed by atoms with E-state index in [1.165, 1.54) is 24.3 Å². The topological polar surface area (TPSA) is 97.0 Å². The molecule has 0 saturated heterocycles. The lowest BCUT2D eigenvalue weighted by Crippen LogP contribution is -2.37. The van der Waals surface area contributed by atoms with Gasteiger partial charge in [0.25, 0.3) is 0 Å². The molecule has 1 aromatic carbocycles. The van der Waals surface area contributed by atoms with Crippen LogP contribution in [0.1, 0.15) is 30.9 Å². The zero-order valence-electron chi connectivity index (χ0n) is 18.0. The molecule has 0 unspecified atom stereocenters. The van der Waals surface area contributed by atoms with Crippen molar-refractivity contribution < 1.29 is 35.1 Å². The smallest absolute Gasteiger partial charge is 0.406 e. The Balaban J connectivity index is 1.82. The van der Waals surface area contributed by atoms with Gasteiger partial charge in [0.1, 0.15) is 30.1 Å². The Bertz CT molecular complexity index is 1370. The molecule has 2 heterocycles. The van der Waals surface area contributed by atoms with Gasteiger partial charge in [-0.3, -0.25) is 4.98 Å². The summed E-state index contributed by atoms with van der Waals surface area (Å²) < 4.78 is 96.3. The van der Waals surface area contributed by atoms with Crippen LogP contribution < -0.4 is 9.46 Å². The van der Waals surface area contributed by atoms with E-state index >= 15 is 0 Å². The number of halogens is 5. The van der Waals surface area contributed by atoms with E-state index in [-0.39, 0.29) is 22.2 Å². The zero-order valence-corrected chi connectivity index (χ0v) is 18.8. The van der Waals surface area contributed by atoms with E-state index in [9.17, 15) is 35.6 Å². The molecule has 0 spiro atoms. The highest BCUT2D eigenvalue weighted by molar-refractivity contribution is 7.89. The maximum atomic E-state index is 12.8. The van der Waals surface area contributed by atoms with Gasteiger partial charge in [-0.1, -0.05) is 0 Å². The summed E-state index contributed by atoms with van der Waals surface area (Å²) in [4.78, 5) is 3.84. The average Bonchev–Trinajstić information content (AvgIpc) is 3.08. The minimum absolute atomic E-state index is 0.0996. The number of pyridine rings is 1. The van der Waals surface area contributed by atoms with Crippen LogP contribution in [0.3, 0.4) is 0 Å². The molecule has 0 aliphatic heterocycles. The average molecular weight is 514 g/mol. The molecule has 1 fully saturated rings. The molecule has 7 nitrogen and oxygen atoms in total. The molecule has 0 amide bonds. The summed E-state index contributed by atoms with van der Waals surface area (Å²) in [6.07, 6.45) is -1.53. The van der Waals surface area contributed by atoms with Crippen molar-refractivity contribution in [2.75, 3.05) is 13.3 Å². The number of fused-ring (bicyclic) bond motifs is 1. The molecule has 13 heteroatoms. The third-order valence-corrected chi connectivity index (χ3v) is 7.25. The summed E-state index contributed by atoms with van der Waals surface area (Å²) in [5, 5.41) is 10.3. The van der Waals surface area contributed by atoms with Gasteiger partial charge in [-0.05, 0) is 43.5 Å². The Kier molecular flexibility index (Phi) is 6.70. The Labute approximate surface area is 197 Å². The van der Waals surface area contributed by atoms with Crippen LogP contribution in [-0.4, -0.2) is 43.7 Å². The minimum atomic E-state index is -4.89. The molecule has 1 N–H and O–H groups in total. The summed E-state index contributed by atoms with van der Waals surface area (Å²) in [5.74, 6) is -0.435. The van der Waals surface area contributed by atoms with E-state index < -0.39 is 41.5 Å². The van der Waals surface area contributed by atoms with Gasteiger partial charge in [-0.25, -0.2) is 21.9 Å². The Morgan fingerprint density at radius 2 is 1.91 bits per heavy atom. The van der Waals surface area contributed by atoms with Gasteiger partial charge in [-0.2, -0.15) is 5.26 Å². The Morgan fingerprint density at radius 3 is 2.43 bits per heavy atom. The molecular formula is C22H19F5N4O3S. The van der Waals surface area contributed by atoms with Crippen LogP contribution in [0, 0.1) is 11.3 Å². The van der Waals surface area contributed by atoms with Crippen molar-refractivity contribution >= 4 is 20.9 Å². The van der Waals surface area contributed by atoms with Crippen LogP contribution in [0.5, 0.6) is 5.75 Å². The van der Waals surface area contributed by atoms with E-state index in [0.29, 0.717) is 16.6 Å². The van der Waals surface area contributed by atoms with E-state index in [1.807, 2.05) is 4.72 Å². The van der Waals surface area contributed by atoms with Crippen molar-refractivity contribution in [3.63, 3.8) is 0 Å². The van der Waals surface area contributed by atoms with E-state index in [1.54, 1.807) is 4.57 Å². The number of nitrogens with one attached hydrogen (secondary N) is 1. The lowest BCUT2D eigenvalue weighted by atomic mass is 9.92. The molecule has 1 aliphatic rings. The summed E-state index contributed by atoms with van der Waals surface area (Å²) in [5.41, 5.74) is 1.08. The Morgan fingerprint density at radius 1 is 1.20 bits per heavy atom. The number of hydrogen-bond donors (Lipinski definition) is 1. The van der Waals surface area contributed by atoms with Crippen LogP contribution in [-0.2, 0) is 10.0 Å². The molecule has 0 radical (unpaired) electrons. The second kappa shape index (κ2) is 9.43. The van der Waals surface area contributed by atoms with Gasteiger partial charge in [0.05, 0.1) is 28.5 Å². The lowest BCUT2D eigenvalue weighted by Gasteiger charge is -2.30. The van der Waals surface area contributed by atoms with Crippen LogP contribution >= 0.6 is 0 Å². The van der Waals surface area contributed by atoms with Crippen LogP contribution in [0.2, 0.25) is 0 Å². The number of nitrogens with zero attached hydrogens (tertiary/aromatic N) is 3. The summed E-state index contributed by atoms with van der Waals surface area (Å²) in [6.45, 7) is -2.46. The number of ether oxygens (including phenoxy) is 1. The molecule has 0 atom stereocenters. The van der Waals surface area contributed by atoms with Crippen LogP contribution in [0.4, 0.5) is 22.0 Å². The molecule has 0 bridgehead atoms. The van der Waals surface area contributed by atoms with Crippen LogP contribution in [0.25, 0.3) is 22.3 Å². The quantitative estimate of drug-likeness (QED) is 0.437. The second-order valence-electron chi connectivity index (χ2n) is 8.02. The normalized spacial score (nSPS) is 14.8. The summed E-state index contributed by atoms with van der Waals surface area (Å²) in [7, 11) is -4.25. The number of aromatic nitrogens is 2. The molecular weight excluding hydrogens is 495 g/mol. The first-order valence-corrected chi connectivity index (χ1v) is 12.0. The number of benzene rings is 1. The maximum absolute atomic E-state index is 12.8. The molecule has 1 aliphatic carbocycles. The SMILES string of the molecule is N#Cc1c(-c2ccc(S(=O)(=O)NC(CF)CF)cn2)n(C2CCC2)c2cc(OC(F)(F)F)ccc12. The number of alkyl halides is 5. The van der Waals surface area contributed by atoms with Crippen molar-refractivity contribution in [2.24, 2.45) is 0 Å². The molecule has 1 saturated carbocycles. The van der Waals surface area contributed by atoms with E-state index in [2.05, 4.69) is 15.8 Å². The number of hydrogen-bond acceptors (Lipinski definition) is 5. The van der Waals surface area contributed by atoms with Gasteiger partial charge >= 0.3 is 6.36 Å². The predicted octanol–water partition coefficient (Wildman–Crippen LogP) is 4.78. The van der Waals surface area contributed by atoms with Gasteiger partial charge in [0, 0.05) is 23.7 Å². The molecule has 3 aromatic rings. The maximum Gasteiger partial charge on any atom is 0.573 e. The number of nitriles is 1. The third kappa shape index (κ3) is 4.94. The van der Waals surface area contributed by atoms with Crippen molar-refractivity contribution in [2.45, 2.75) is 42.6 Å². The molecule has 35 heavy (non-hydrogen) atoms. The largest absolute Gasteiger partial charge is 0.573 e. The zero-order chi connectivity index (χ0) is 25.4. The lowest BCUT2D eigenvalue weighted by molar-refractivity contribution is -0.274. The molecule has 186 valence electrons. The monoisotopic (exact) mass is 514 g/mol. The molecule has 2 aromatic heterocycles. The fourth-order valence-corrected chi connectivity index (χ4v) is 5.09. The highest BCUT2D eigenvalue weighted by Gasteiger charge is 2.33. The van der Waals surface area contributed by atoms with E-state index in [4.69, 9.17) is 0 Å². The standard InChI is InChI=1S/C22H19F5N4O3S/c23-9-13(10-24)30-35(32,33)16-5-7-19(29-12-16)21-18(11-28)17-6-4-15(34-22(25,26)27)8-20(17)31(21)14-2-1-3-14/h4-8,12-14,30H,1-3,9-10H2. The summed E-state index contributed by atoms with van der Waals surface area (Å²) >= 11 is 0. The number of rotatable bonds is 8. The van der Waals surface area contributed by atoms with Crippen molar-refractivity contribution in [1.29, 1.82) is 5.26 Å². The van der Waals surface area contributed by atoms with E-state index in [0.717, 1.165) is 31.5 Å².